The van der Waals surface area contributed by atoms with Gasteiger partial charge in [0.25, 0.3) is 0 Å². The predicted octanol–water partition coefficient (Wildman–Crippen LogP) is 4.69. The van der Waals surface area contributed by atoms with Gasteiger partial charge in [-0.3, -0.25) is 4.79 Å². The summed E-state index contributed by atoms with van der Waals surface area (Å²) >= 11 is 0. The number of halogens is 1. The summed E-state index contributed by atoms with van der Waals surface area (Å²) in [5.41, 5.74) is 2.50. The normalized spacial score (nSPS) is 17.2. The number of methoxy groups -OCH3 is 1. The SMILES string of the molecule is [C-]#[N+]c1ccc(COc2cccc(N3CCN([C@@H](C)c4nc5ccc(C(=O)OC)cc5n4C[C@@H]4CCO4)C(=O)C3)n2)c(F)c1. The van der Waals surface area contributed by atoms with Crippen LogP contribution in [0.2, 0.25) is 0 Å². The summed E-state index contributed by atoms with van der Waals surface area (Å²) in [6.07, 6.45) is 0.976. The van der Waals surface area contributed by atoms with Crippen molar-refractivity contribution in [1.29, 1.82) is 0 Å². The fourth-order valence-electron chi connectivity index (χ4n) is 5.49. The van der Waals surface area contributed by atoms with Gasteiger partial charge in [-0.2, -0.15) is 4.98 Å². The number of piperazine rings is 1. The first-order valence-electron chi connectivity index (χ1n) is 14.3. The number of carbonyl (C=O) groups is 2. The number of esters is 1. The third-order valence-electron chi connectivity index (χ3n) is 8.05. The molecule has 44 heavy (non-hydrogen) atoms. The number of anilines is 1. The molecule has 11 nitrogen and oxygen atoms in total. The van der Waals surface area contributed by atoms with Crippen molar-refractivity contribution in [2.45, 2.75) is 38.6 Å². The molecule has 0 radical (unpaired) electrons. The van der Waals surface area contributed by atoms with E-state index in [-0.39, 0.29) is 36.9 Å². The van der Waals surface area contributed by atoms with Crippen molar-refractivity contribution in [3.05, 3.63) is 88.8 Å². The van der Waals surface area contributed by atoms with Gasteiger partial charge in [0.1, 0.15) is 24.1 Å². The highest BCUT2D eigenvalue weighted by Crippen LogP contribution is 2.30. The summed E-state index contributed by atoms with van der Waals surface area (Å²) in [6, 6.07) is 14.5. The quantitative estimate of drug-likeness (QED) is 0.202. The number of hydrogen-bond donors (Lipinski definition) is 0. The van der Waals surface area contributed by atoms with Crippen molar-refractivity contribution in [3.8, 4) is 5.88 Å². The summed E-state index contributed by atoms with van der Waals surface area (Å²) in [6.45, 7) is 11.3. The van der Waals surface area contributed by atoms with Crippen molar-refractivity contribution >= 4 is 34.4 Å². The molecule has 4 aromatic rings. The van der Waals surface area contributed by atoms with E-state index in [0.717, 1.165) is 23.3 Å². The Morgan fingerprint density at radius 1 is 1.18 bits per heavy atom. The van der Waals surface area contributed by atoms with Gasteiger partial charge >= 0.3 is 5.97 Å². The second kappa shape index (κ2) is 12.3. The minimum atomic E-state index is -0.511. The molecular weight excluding hydrogens is 567 g/mol. The van der Waals surface area contributed by atoms with Crippen LogP contribution in [0.5, 0.6) is 5.88 Å². The van der Waals surface area contributed by atoms with Gasteiger partial charge in [-0.05, 0) is 43.7 Å². The van der Waals surface area contributed by atoms with Crippen molar-refractivity contribution in [1.82, 2.24) is 19.4 Å². The number of rotatable bonds is 9. The minimum absolute atomic E-state index is 0.0428. The molecule has 0 unspecified atom stereocenters. The molecule has 6 rings (SSSR count). The zero-order chi connectivity index (χ0) is 30.8. The monoisotopic (exact) mass is 598 g/mol. The van der Waals surface area contributed by atoms with E-state index in [9.17, 15) is 14.0 Å². The zero-order valence-corrected chi connectivity index (χ0v) is 24.4. The molecule has 4 heterocycles. The van der Waals surface area contributed by atoms with Crippen LogP contribution < -0.4 is 9.64 Å². The van der Waals surface area contributed by atoms with E-state index < -0.39 is 11.8 Å². The van der Waals surface area contributed by atoms with E-state index in [1.54, 1.807) is 42.5 Å². The smallest absolute Gasteiger partial charge is 0.337 e. The van der Waals surface area contributed by atoms with Gasteiger partial charge < -0.3 is 28.6 Å². The Balaban J connectivity index is 1.17. The fraction of sp³-hybridized carbons (Fsp3) is 0.344. The first-order valence-corrected chi connectivity index (χ1v) is 14.3. The maximum absolute atomic E-state index is 14.3. The highest BCUT2D eigenvalue weighted by atomic mass is 19.1. The first kappa shape index (κ1) is 29.1. The first-order chi connectivity index (χ1) is 21.3. The molecule has 0 bridgehead atoms. The lowest BCUT2D eigenvalue weighted by Crippen LogP contribution is -2.51. The molecule has 12 heteroatoms. The molecule has 2 aliphatic rings. The summed E-state index contributed by atoms with van der Waals surface area (Å²) in [7, 11) is 1.35. The van der Waals surface area contributed by atoms with E-state index in [2.05, 4.69) is 14.4 Å². The predicted molar refractivity (Wildman–Crippen MR) is 159 cm³/mol. The highest BCUT2D eigenvalue weighted by molar-refractivity contribution is 5.93. The van der Waals surface area contributed by atoms with Gasteiger partial charge in [-0.25, -0.2) is 19.0 Å². The van der Waals surface area contributed by atoms with Crippen molar-refractivity contribution in [2.24, 2.45) is 0 Å². The molecule has 0 spiro atoms. The molecule has 1 amide bonds. The molecular formula is C32H31FN6O5. The minimum Gasteiger partial charge on any atom is -0.473 e. The Morgan fingerprint density at radius 2 is 2.02 bits per heavy atom. The average Bonchev–Trinajstić information content (AvgIpc) is 3.39. The molecule has 0 aliphatic carbocycles. The van der Waals surface area contributed by atoms with E-state index >= 15 is 0 Å². The third kappa shape index (κ3) is 5.78. The van der Waals surface area contributed by atoms with Crippen LogP contribution in [-0.2, 0) is 27.4 Å². The summed E-state index contributed by atoms with van der Waals surface area (Å²) < 4.78 is 32.7. The van der Waals surface area contributed by atoms with Gasteiger partial charge in [-0.1, -0.05) is 18.2 Å². The molecule has 2 aliphatic heterocycles. The van der Waals surface area contributed by atoms with Crippen LogP contribution in [0.3, 0.4) is 0 Å². The van der Waals surface area contributed by atoms with Gasteiger partial charge in [0, 0.05) is 31.3 Å². The van der Waals surface area contributed by atoms with Crippen molar-refractivity contribution in [3.63, 3.8) is 0 Å². The number of pyridine rings is 1. The maximum Gasteiger partial charge on any atom is 0.337 e. The number of carbonyl (C=O) groups excluding carboxylic acids is 2. The number of hydrogen-bond acceptors (Lipinski definition) is 8. The standard InChI is InChI=1S/C32H31FN6O5/c1-20(31-35-26-10-8-21(32(41)42-3)15-27(26)39(31)17-24-11-14-43-24)38-13-12-37(18-30(38)40)28-5-4-6-29(36-28)44-19-22-7-9-23(34-2)16-25(22)33/h4-10,15-16,20,24H,11-14,17-19H2,1,3H3/t20-,24-/m0/s1. The Bertz CT molecular complexity index is 1760. The van der Waals surface area contributed by atoms with Crippen LogP contribution in [0.15, 0.2) is 54.6 Å². The fourth-order valence-corrected chi connectivity index (χ4v) is 5.49. The largest absolute Gasteiger partial charge is 0.473 e. The second-order valence-electron chi connectivity index (χ2n) is 10.8. The highest BCUT2D eigenvalue weighted by Gasteiger charge is 2.33. The Labute approximate surface area is 253 Å². The molecule has 0 N–H and O–H groups in total. The van der Waals surface area contributed by atoms with E-state index in [1.165, 1.54) is 19.2 Å². The number of fused-ring (bicyclic) bond motifs is 1. The van der Waals surface area contributed by atoms with Crippen LogP contribution in [0.4, 0.5) is 15.9 Å². The summed E-state index contributed by atoms with van der Waals surface area (Å²) in [4.78, 5) is 42.1. The maximum atomic E-state index is 14.3. The number of aromatic nitrogens is 3. The molecule has 2 saturated heterocycles. The molecule has 0 saturated carbocycles. The molecule has 2 fully saturated rings. The number of ether oxygens (including phenoxy) is 3. The number of imidazole rings is 1. The lowest BCUT2D eigenvalue weighted by molar-refractivity contribution is -0.133. The van der Waals surface area contributed by atoms with Gasteiger partial charge in [-0.15, -0.1) is 0 Å². The van der Waals surface area contributed by atoms with Gasteiger partial charge in [0.15, 0.2) is 5.69 Å². The Hall–Kier alpha value is -5.02. The van der Waals surface area contributed by atoms with Gasteiger partial charge in [0.05, 0.1) is 55.5 Å². The molecule has 2 aromatic heterocycles. The molecule has 2 aromatic carbocycles. The number of nitrogens with zero attached hydrogens (tertiary/aromatic N) is 6. The lowest BCUT2D eigenvalue weighted by Gasteiger charge is -2.38. The van der Waals surface area contributed by atoms with Crippen LogP contribution in [-0.4, -0.2) is 70.8 Å². The lowest BCUT2D eigenvalue weighted by atomic mass is 10.1. The topological polar surface area (TPSA) is 103 Å². The van der Waals surface area contributed by atoms with E-state index in [0.29, 0.717) is 49.1 Å². The third-order valence-corrected chi connectivity index (χ3v) is 8.05. The number of benzene rings is 2. The van der Waals surface area contributed by atoms with Crippen LogP contribution in [0.25, 0.3) is 15.9 Å². The Morgan fingerprint density at radius 3 is 2.73 bits per heavy atom. The average molecular weight is 599 g/mol. The van der Waals surface area contributed by atoms with Crippen molar-refractivity contribution in [2.75, 3.05) is 38.3 Å². The molecule has 226 valence electrons. The second-order valence-corrected chi connectivity index (χ2v) is 10.8. The Kier molecular flexibility index (Phi) is 8.13. The van der Waals surface area contributed by atoms with Crippen molar-refractivity contribution < 1.29 is 28.2 Å². The van der Waals surface area contributed by atoms with Crippen LogP contribution in [0, 0.1) is 12.4 Å². The summed E-state index contributed by atoms with van der Waals surface area (Å²) in [5.74, 6) is 0.598. The van der Waals surface area contributed by atoms with Crippen LogP contribution in [0.1, 0.15) is 41.1 Å². The van der Waals surface area contributed by atoms with Crippen LogP contribution >= 0.6 is 0 Å². The summed E-state index contributed by atoms with van der Waals surface area (Å²) in [5, 5.41) is 0. The van der Waals surface area contributed by atoms with Gasteiger partial charge in [0.2, 0.25) is 11.8 Å². The van der Waals surface area contributed by atoms with E-state index in [1.807, 2.05) is 16.7 Å². The zero-order valence-electron chi connectivity index (χ0n) is 24.4. The number of amides is 1. The van der Waals surface area contributed by atoms with E-state index in [4.69, 9.17) is 25.8 Å². The molecule has 2 atom stereocenters.